The molecule has 0 fully saturated rings. The molecular formula is C7H4N2O4. The van der Waals surface area contributed by atoms with E-state index in [0.29, 0.717) is 0 Å². The summed E-state index contributed by atoms with van der Waals surface area (Å²) in [6.07, 6.45) is 0. The molecule has 0 unspecified atom stereocenters. The average molecular weight is 180 g/mol. The molecular weight excluding hydrogens is 176 g/mol. The first-order valence-corrected chi connectivity index (χ1v) is 3.16. The number of aromatic hydroxyl groups is 2. The Morgan fingerprint density at radius 1 is 1.38 bits per heavy atom. The molecule has 0 saturated heterocycles. The standard InChI is InChI=1S/C7H4N2O4/c8-3-4-1-5(9(12)13)7(11)2-6(4)10/h1-2,10-11H. The highest BCUT2D eigenvalue weighted by Gasteiger charge is 2.16. The average Bonchev–Trinajstić information content (AvgIpc) is 2.03. The summed E-state index contributed by atoms with van der Waals surface area (Å²) in [4.78, 5) is 9.42. The maximum atomic E-state index is 10.3. The zero-order valence-electron chi connectivity index (χ0n) is 6.26. The minimum absolute atomic E-state index is 0.246. The summed E-state index contributed by atoms with van der Waals surface area (Å²) in [5, 5.41) is 36.6. The van der Waals surface area contributed by atoms with Crippen molar-refractivity contribution >= 4 is 5.69 Å². The minimum Gasteiger partial charge on any atom is -0.506 e. The molecule has 0 radical (unpaired) electrons. The van der Waals surface area contributed by atoms with Crippen molar-refractivity contribution in [3.05, 3.63) is 27.8 Å². The Hall–Kier alpha value is -2.29. The van der Waals surface area contributed by atoms with Crippen LogP contribution in [0.4, 0.5) is 5.69 Å². The molecule has 0 saturated carbocycles. The number of hydrogen-bond acceptors (Lipinski definition) is 5. The Bertz CT molecular complexity index is 408. The normalized spacial score (nSPS) is 9.15. The number of nitro groups is 1. The van der Waals surface area contributed by atoms with Crippen LogP contribution in [0.25, 0.3) is 0 Å². The van der Waals surface area contributed by atoms with Crippen LogP contribution in [0.2, 0.25) is 0 Å². The Morgan fingerprint density at radius 3 is 2.46 bits per heavy atom. The summed E-state index contributed by atoms with van der Waals surface area (Å²) in [5.74, 6) is -1.15. The molecule has 6 heteroatoms. The fraction of sp³-hybridized carbons (Fsp3) is 0. The molecule has 0 aliphatic heterocycles. The second kappa shape index (κ2) is 2.98. The van der Waals surface area contributed by atoms with Crippen LogP contribution in [0, 0.1) is 21.4 Å². The Labute approximate surface area is 72.4 Å². The van der Waals surface area contributed by atoms with Gasteiger partial charge in [-0.25, -0.2) is 0 Å². The molecule has 0 aliphatic rings. The van der Waals surface area contributed by atoms with Crippen molar-refractivity contribution in [1.29, 1.82) is 5.26 Å². The Kier molecular flexibility index (Phi) is 2.02. The Balaban J connectivity index is 3.41. The number of phenols is 2. The summed E-state index contributed by atoms with van der Waals surface area (Å²) in [5.41, 5.74) is -0.848. The highest BCUT2D eigenvalue weighted by atomic mass is 16.6. The second-order valence-electron chi connectivity index (χ2n) is 2.23. The van der Waals surface area contributed by atoms with Crippen LogP contribution >= 0.6 is 0 Å². The van der Waals surface area contributed by atoms with Crippen molar-refractivity contribution < 1.29 is 15.1 Å². The first-order chi connectivity index (χ1) is 6.06. The second-order valence-corrected chi connectivity index (χ2v) is 2.23. The molecule has 1 aromatic carbocycles. The summed E-state index contributed by atoms with van der Waals surface area (Å²) >= 11 is 0. The van der Waals surface area contributed by atoms with Crippen LogP contribution in [-0.4, -0.2) is 15.1 Å². The lowest BCUT2D eigenvalue weighted by Crippen LogP contribution is -1.89. The van der Waals surface area contributed by atoms with E-state index in [1.165, 1.54) is 0 Å². The van der Waals surface area contributed by atoms with Gasteiger partial charge < -0.3 is 10.2 Å². The first kappa shape index (κ1) is 8.80. The molecule has 0 bridgehead atoms. The number of rotatable bonds is 1. The molecule has 66 valence electrons. The van der Waals surface area contributed by atoms with Gasteiger partial charge in [0, 0.05) is 12.1 Å². The van der Waals surface area contributed by atoms with Crippen LogP contribution in [0.1, 0.15) is 5.56 Å². The van der Waals surface area contributed by atoms with Gasteiger partial charge in [0.2, 0.25) is 0 Å². The molecule has 0 aliphatic carbocycles. The van der Waals surface area contributed by atoms with Gasteiger partial charge in [-0.3, -0.25) is 10.1 Å². The smallest absolute Gasteiger partial charge is 0.312 e. The number of nitrogens with zero attached hydrogens (tertiary/aromatic N) is 2. The third-order valence-corrected chi connectivity index (χ3v) is 1.41. The highest BCUT2D eigenvalue weighted by molar-refractivity contribution is 5.57. The fourth-order valence-corrected chi connectivity index (χ4v) is 0.802. The summed E-state index contributed by atoms with van der Waals surface area (Å²) in [6.45, 7) is 0. The third-order valence-electron chi connectivity index (χ3n) is 1.41. The van der Waals surface area contributed by atoms with E-state index in [2.05, 4.69) is 0 Å². The summed E-state index contributed by atoms with van der Waals surface area (Å²) < 4.78 is 0. The quantitative estimate of drug-likeness (QED) is 0.492. The van der Waals surface area contributed by atoms with Gasteiger partial charge in [0.05, 0.1) is 4.92 Å². The number of phenolic OH excluding ortho intramolecular Hbond substituents is 2. The molecule has 0 heterocycles. The van der Waals surface area contributed by atoms with Crippen LogP contribution in [0.3, 0.4) is 0 Å². The summed E-state index contributed by atoms with van der Waals surface area (Å²) in [7, 11) is 0. The van der Waals surface area contributed by atoms with Crippen molar-refractivity contribution in [3.63, 3.8) is 0 Å². The van der Waals surface area contributed by atoms with Gasteiger partial charge in [-0.1, -0.05) is 0 Å². The van der Waals surface area contributed by atoms with E-state index in [0.717, 1.165) is 12.1 Å². The fourth-order valence-electron chi connectivity index (χ4n) is 0.802. The van der Waals surface area contributed by atoms with E-state index in [4.69, 9.17) is 15.5 Å². The van der Waals surface area contributed by atoms with E-state index in [1.54, 1.807) is 6.07 Å². The van der Waals surface area contributed by atoms with Crippen LogP contribution in [0.15, 0.2) is 12.1 Å². The number of nitriles is 1. The third kappa shape index (κ3) is 1.49. The lowest BCUT2D eigenvalue weighted by atomic mass is 10.2. The molecule has 0 atom stereocenters. The number of benzene rings is 1. The van der Waals surface area contributed by atoms with Crippen molar-refractivity contribution in [2.45, 2.75) is 0 Å². The molecule has 1 aromatic rings. The zero-order valence-corrected chi connectivity index (χ0v) is 6.26. The molecule has 1 rings (SSSR count). The van der Waals surface area contributed by atoms with E-state index in [1.807, 2.05) is 0 Å². The van der Waals surface area contributed by atoms with E-state index < -0.39 is 22.1 Å². The number of nitro benzene ring substituents is 1. The van der Waals surface area contributed by atoms with E-state index >= 15 is 0 Å². The Morgan fingerprint density at radius 2 is 2.00 bits per heavy atom. The van der Waals surface area contributed by atoms with Crippen LogP contribution < -0.4 is 0 Å². The van der Waals surface area contributed by atoms with Gasteiger partial charge in [-0.15, -0.1) is 0 Å². The molecule has 0 amide bonds. The van der Waals surface area contributed by atoms with E-state index in [9.17, 15) is 10.1 Å². The van der Waals surface area contributed by atoms with Crippen molar-refractivity contribution in [1.82, 2.24) is 0 Å². The first-order valence-electron chi connectivity index (χ1n) is 3.16. The van der Waals surface area contributed by atoms with Gasteiger partial charge >= 0.3 is 5.69 Å². The van der Waals surface area contributed by atoms with Gasteiger partial charge in [-0.2, -0.15) is 5.26 Å². The maximum absolute atomic E-state index is 10.3. The van der Waals surface area contributed by atoms with Crippen LogP contribution in [0.5, 0.6) is 11.5 Å². The monoisotopic (exact) mass is 180 g/mol. The predicted molar refractivity (Wildman–Crippen MR) is 41.1 cm³/mol. The summed E-state index contributed by atoms with van der Waals surface area (Å²) in [6, 6.07) is 3.12. The molecule has 6 nitrogen and oxygen atoms in total. The van der Waals surface area contributed by atoms with Crippen molar-refractivity contribution in [3.8, 4) is 17.6 Å². The molecule has 13 heavy (non-hydrogen) atoms. The van der Waals surface area contributed by atoms with Crippen LogP contribution in [-0.2, 0) is 0 Å². The van der Waals surface area contributed by atoms with Gasteiger partial charge in [-0.05, 0) is 0 Å². The SMILES string of the molecule is N#Cc1cc([N+](=O)[O-])c(O)cc1O. The maximum Gasteiger partial charge on any atom is 0.312 e. The minimum atomic E-state index is -0.838. The predicted octanol–water partition coefficient (Wildman–Crippen LogP) is 0.878. The highest BCUT2D eigenvalue weighted by Crippen LogP contribution is 2.32. The molecule has 2 N–H and O–H groups in total. The largest absolute Gasteiger partial charge is 0.506 e. The lowest BCUT2D eigenvalue weighted by molar-refractivity contribution is -0.385. The zero-order chi connectivity index (χ0) is 10.0. The van der Waals surface area contributed by atoms with Gasteiger partial charge in [0.15, 0.2) is 5.75 Å². The van der Waals surface area contributed by atoms with E-state index in [-0.39, 0.29) is 5.56 Å². The number of hydrogen-bond donors (Lipinski definition) is 2. The molecule has 0 aromatic heterocycles. The van der Waals surface area contributed by atoms with Crippen molar-refractivity contribution in [2.75, 3.05) is 0 Å². The lowest BCUT2D eigenvalue weighted by Gasteiger charge is -1.98. The van der Waals surface area contributed by atoms with Gasteiger partial charge in [0.25, 0.3) is 0 Å². The topological polar surface area (TPSA) is 107 Å². The van der Waals surface area contributed by atoms with Gasteiger partial charge in [0.1, 0.15) is 17.4 Å². The molecule has 0 spiro atoms. The van der Waals surface area contributed by atoms with Crippen molar-refractivity contribution in [2.24, 2.45) is 0 Å².